The number of nitrogens with one attached hydrogen (secondary N) is 1. The van der Waals surface area contributed by atoms with Crippen molar-refractivity contribution in [3.8, 4) is 11.5 Å². The summed E-state index contributed by atoms with van der Waals surface area (Å²) in [5, 5.41) is 12.9. The minimum Gasteiger partial charge on any atom is -0.490 e. The molecule has 3 aromatic carbocycles. The lowest BCUT2D eigenvalue weighted by Gasteiger charge is -2.17. The fourth-order valence-corrected chi connectivity index (χ4v) is 3.53. The van der Waals surface area contributed by atoms with Crippen molar-refractivity contribution >= 4 is 23.3 Å². The molecule has 0 spiro atoms. The quantitative estimate of drug-likeness (QED) is 0.412. The van der Waals surface area contributed by atoms with E-state index in [1.807, 2.05) is 57.2 Å². The number of carboxylic acid groups (broad SMARTS) is 1. The Labute approximate surface area is 187 Å². The Bertz CT molecular complexity index is 1080. The van der Waals surface area contributed by atoms with Crippen LogP contribution in [0, 0.1) is 13.8 Å². The van der Waals surface area contributed by atoms with Crippen LogP contribution >= 0.6 is 11.6 Å². The van der Waals surface area contributed by atoms with Gasteiger partial charge in [0.15, 0.2) is 11.5 Å². The van der Waals surface area contributed by atoms with Gasteiger partial charge in [-0.25, -0.2) is 4.79 Å². The average Bonchev–Trinajstić information content (AvgIpc) is 2.73. The normalized spacial score (nSPS) is 10.6. The molecule has 0 heterocycles. The van der Waals surface area contributed by atoms with E-state index in [1.54, 1.807) is 18.2 Å². The summed E-state index contributed by atoms with van der Waals surface area (Å²) in [7, 11) is 0. The van der Waals surface area contributed by atoms with Gasteiger partial charge in [0, 0.05) is 12.2 Å². The molecule has 0 bridgehead atoms. The van der Waals surface area contributed by atoms with Crippen molar-refractivity contribution in [3.63, 3.8) is 0 Å². The molecule has 0 fully saturated rings. The highest BCUT2D eigenvalue weighted by atomic mass is 35.5. The number of hydrogen-bond acceptors (Lipinski definition) is 4. The number of halogens is 1. The molecule has 0 aliphatic rings. The van der Waals surface area contributed by atoms with Crippen molar-refractivity contribution in [2.75, 3.05) is 11.9 Å². The van der Waals surface area contributed by atoms with Crippen molar-refractivity contribution in [1.29, 1.82) is 0 Å². The Morgan fingerprint density at radius 2 is 1.81 bits per heavy atom. The minimum absolute atomic E-state index is 0.264. The second-order valence-electron chi connectivity index (χ2n) is 7.24. The highest BCUT2D eigenvalue weighted by molar-refractivity contribution is 6.32. The number of anilines is 1. The molecule has 0 atom stereocenters. The molecular formula is C25H26ClNO4. The average molecular weight is 440 g/mol. The van der Waals surface area contributed by atoms with Crippen LogP contribution < -0.4 is 14.8 Å². The lowest BCUT2D eigenvalue weighted by Crippen LogP contribution is -2.05. The molecule has 0 unspecified atom stereocenters. The van der Waals surface area contributed by atoms with E-state index < -0.39 is 5.97 Å². The van der Waals surface area contributed by atoms with Crippen LogP contribution in [-0.4, -0.2) is 17.7 Å². The maximum absolute atomic E-state index is 11.1. The first-order valence-corrected chi connectivity index (χ1v) is 10.5. The van der Waals surface area contributed by atoms with Crippen LogP contribution in [0.2, 0.25) is 5.02 Å². The molecule has 0 saturated heterocycles. The fourth-order valence-electron chi connectivity index (χ4n) is 3.24. The van der Waals surface area contributed by atoms with Crippen LogP contribution in [0.15, 0.2) is 54.6 Å². The van der Waals surface area contributed by atoms with Gasteiger partial charge in [-0.3, -0.25) is 0 Å². The fraction of sp³-hybridized carbons (Fsp3) is 0.240. The van der Waals surface area contributed by atoms with Crippen LogP contribution in [0.5, 0.6) is 11.5 Å². The highest BCUT2D eigenvalue weighted by Gasteiger charge is 2.14. The van der Waals surface area contributed by atoms with Gasteiger partial charge in [0.05, 0.1) is 17.2 Å². The van der Waals surface area contributed by atoms with Crippen molar-refractivity contribution < 1.29 is 19.4 Å². The van der Waals surface area contributed by atoms with Gasteiger partial charge < -0.3 is 19.9 Å². The maximum atomic E-state index is 11.1. The standard InChI is InChI=1S/C25H26ClNO4/c1-4-30-23-13-18(14-27-22-10-9-19(25(28)29)11-17(22)3)12-21(26)24(23)31-15-20-8-6-5-7-16(20)2/h5-13,27H,4,14-15H2,1-3H3,(H,28,29). The molecule has 6 heteroatoms. The van der Waals surface area contributed by atoms with Gasteiger partial charge in [-0.2, -0.15) is 0 Å². The maximum Gasteiger partial charge on any atom is 0.335 e. The van der Waals surface area contributed by atoms with E-state index in [1.165, 1.54) is 0 Å². The molecule has 0 saturated carbocycles. The Morgan fingerprint density at radius 3 is 2.48 bits per heavy atom. The smallest absolute Gasteiger partial charge is 0.335 e. The van der Waals surface area contributed by atoms with E-state index in [0.717, 1.165) is 27.9 Å². The molecule has 162 valence electrons. The number of aryl methyl sites for hydroxylation is 2. The van der Waals surface area contributed by atoms with Gasteiger partial charge in [-0.15, -0.1) is 0 Å². The zero-order valence-corrected chi connectivity index (χ0v) is 18.6. The number of aromatic carboxylic acids is 1. The molecule has 31 heavy (non-hydrogen) atoms. The summed E-state index contributed by atoms with van der Waals surface area (Å²) in [4.78, 5) is 11.1. The van der Waals surface area contributed by atoms with Crippen LogP contribution in [-0.2, 0) is 13.2 Å². The summed E-state index contributed by atoms with van der Waals surface area (Å²) in [6.07, 6.45) is 0. The molecule has 3 rings (SSSR count). The molecule has 0 radical (unpaired) electrons. The summed E-state index contributed by atoms with van der Waals surface area (Å²) < 4.78 is 11.8. The van der Waals surface area contributed by atoms with Crippen LogP contribution in [0.4, 0.5) is 5.69 Å². The third-order valence-electron chi connectivity index (χ3n) is 4.96. The third-order valence-corrected chi connectivity index (χ3v) is 5.24. The topological polar surface area (TPSA) is 67.8 Å². The van der Waals surface area contributed by atoms with Gasteiger partial charge in [0.2, 0.25) is 0 Å². The summed E-state index contributed by atoms with van der Waals surface area (Å²) >= 11 is 6.55. The predicted molar refractivity (Wildman–Crippen MR) is 124 cm³/mol. The van der Waals surface area contributed by atoms with E-state index in [4.69, 9.17) is 26.2 Å². The molecule has 0 aromatic heterocycles. The summed E-state index contributed by atoms with van der Waals surface area (Å²) in [6.45, 7) is 7.23. The zero-order valence-electron chi connectivity index (χ0n) is 17.9. The molecule has 0 aliphatic carbocycles. The molecule has 2 N–H and O–H groups in total. The second-order valence-corrected chi connectivity index (χ2v) is 7.65. The van der Waals surface area contributed by atoms with Crippen LogP contribution in [0.3, 0.4) is 0 Å². The van der Waals surface area contributed by atoms with Crippen LogP contribution in [0.25, 0.3) is 0 Å². The summed E-state index contributed by atoms with van der Waals surface area (Å²) in [5.41, 5.74) is 5.15. The van der Waals surface area contributed by atoms with Crippen molar-refractivity contribution in [2.24, 2.45) is 0 Å². The molecule has 3 aromatic rings. The van der Waals surface area contributed by atoms with Crippen molar-refractivity contribution in [1.82, 2.24) is 0 Å². The van der Waals surface area contributed by atoms with E-state index in [-0.39, 0.29) is 5.56 Å². The monoisotopic (exact) mass is 439 g/mol. The van der Waals surface area contributed by atoms with Gasteiger partial charge in [-0.05, 0) is 73.4 Å². The van der Waals surface area contributed by atoms with Gasteiger partial charge in [0.1, 0.15) is 6.61 Å². The first-order valence-electron chi connectivity index (χ1n) is 10.1. The Morgan fingerprint density at radius 1 is 1.03 bits per heavy atom. The number of rotatable bonds is 9. The zero-order chi connectivity index (χ0) is 22.4. The Balaban J connectivity index is 1.76. The number of carbonyl (C=O) groups is 1. The first kappa shape index (κ1) is 22.5. The van der Waals surface area contributed by atoms with Gasteiger partial charge in [-0.1, -0.05) is 35.9 Å². The van der Waals surface area contributed by atoms with Gasteiger partial charge >= 0.3 is 5.97 Å². The Hall–Kier alpha value is -3.18. The largest absolute Gasteiger partial charge is 0.490 e. The van der Waals surface area contributed by atoms with Crippen molar-refractivity contribution in [3.05, 3.63) is 87.4 Å². The van der Waals surface area contributed by atoms with E-state index in [2.05, 4.69) is 5.32 Å². The second kappa shape index (κ2) is 10.2. The lowest BCUT2D eigenvalue weighted by molar-refractivity contribution is 0.0697. The lowest BCUT2D eigenvalue weighted by atomic mass is 10.1. The highest BCUT2D eigenvalue weighted by Crippen LogP contribution is 2.37. The van der Waals surface area contributed by atoms with Gasteiger partial charge in [0.25, 0.3) is 0 Å². The molecular weight excluding hydrogens is 414 g/mol. The van der Waals surface area contributed by atoms with E-state index >= 15 is 0 Å². The summed E-state index contributed by atoms with van der Waals surface area (Å²) in [5.74, 6) is 0.180. The first-order chi connectivity index (χ1) is 14.9. The molecule has 0 amide bonds. The van der Waals surface area contributed by atoms with Crippen LogP contribution in [0.1, 0.15) is 39.5 Å². The molecule has 5 nitrogen and oxygen atoms in total. The number of benzene rings is 3. The summed E-state index contributed by atoms with van der Waals surface area (Å²) in [6, 6.07) is 16.8. The third kappa shape index (κ3) is 5.70. The minimum atomic E-state index is -0.941. The SMILES string of the molecule is CCOc1cc(CNc2ccc(C(=O)O)cc2C)cc(Cl)c1OCc1ccccc1C. The molecule has 0 aliphatic heterocycles. The van der Waals surface area contributed by atoms with E-state index in [9.17, 15) is 4.79 Å². The number of carboxylic acids is 1. The number of ether oxygens (including phenoxy) is 2. The number of hydrogen-bond donors (Lipinski definition) is 2. The van der Waals surface area contributed by atoms with E-state index in [0.29, 0.717) is 36.3 Å². The van der Waals surface area contributed by atoms with Crippen molar-refractivity contribution in [2.45, 2.75) is 33.9 Å². The predicted octanol–water partition coefficient (Wildman–Crippen LogP) is 6.24. The Kier molecular flexibility index (Phi) is 7.42.